The third-order valence-corrected chi connectivity index (χ3v) is 4.07. The largest absolute Gasteiger partial charge is 0.381 e. The topological polar surface area (TPSA) is 116 Å². The Labute approximate surface area is 157 Å². The van der Waals surface area contributed by atoms with Gasteiger partial charge in [-0.3, -0.25) is 9.78 Å². The number of aromatic nitrogens is 6. The van der Waals surface area contributed by atoms with Crippen LogP contribution in [0.3, 0.4) is 0 Å². The Hall–Kier alpha value is -3.83. The number of nitrogen functional groups attached to an aromatic ring is 1. The molecule has 0 aliphatic carbocycles. The van der Waals surface area contributed by atoms with Crippen molar-refractivity contribution in [3.8, 4) is 11.3 Å². The average Bonchev–Trinajstić information content (AvgIpc) is 3.18. The maximum Gasteiger partial charge on any atom is 0.263 e. The number of halogens is 2. The van der Waals surface area contributed by atoms with Gasteiger partial charge >= 0.3 is 0 Å². The monoisotopic (exact) mass is 380 g/mol. The minimum atomic E-state index is -0.810. The minimum Gasteiger partial charge on any atom is -0.381 e. The quantitative estimate of drug-likeness (QED) is 0.498. The number of rotatable bonds is 3. The molecule has 4 heterocycles. The van der Waals surface area contributed by atoms with E-state index in [1.165, 1.54) is 18.7 Å². The lowest BCUT2D eigenvalue weighted by Gasteiger charge is -2.11. The number of hydrogen-bond donors (Lipinski definition) is 2. The number of carbonyl (C=O) groups is 1. The molecule has 2 radical (unpaired) electrons. The number of imidazole rings is 1. The molecule has 0 aliphatic rings. The number of anilines is 2. The van der Waals surface area contributed by atoms with Crippen molar-refractivity contribution in [1.29, 1.82) is 0 Å². The zero-order valence-electron chi connectivity index (χ0n) is 14.4. The molecule has 138 valence electrons. The van der Waals surface area contributed by atoms with Crippen molar-refractivity contribution in [1.82, 2.24) is 29.1 Å². The zero-order valence-corrected chi connectivity index (χ0v) is 14.4. The Kier molecular flexibility index (Phi) is 4.02. The Balaban J connectivity index is 1.80. The number of amides is 1. The van der Waals surface area contributed by atoms with Gasteiger partial charge in [-0.1, -0.05) is 0 Å². The summed E-state index contributed by atoms with van der Waals surface area (Å²) in [6.07, 6.45) is 6.20. The lowest BCUT2D eigenvalue weighted by molar-refractivity contribution is 0.102. The van der Waals surface area contributed by atoms with Gasteiger partial charge in [-0.2, -0.15) is 0 Å². The van der Waals surface area contributed by atoms with Crippen LogP contribution in [0.1, 0.15) is 10.4 Å². The second-order valence-corrected chi connectivity index (χ2v) is 5.89. The first-order valence-corrected chi connectivity index (χ1v) is 7.88. The third kappa shape index (κ3) is 2.75. The lowest BCUT2D eigenvalue weighted by Crippen LogP contribution is -2.19. The summed E-state index contributed by atoms with van der Waals surface area (Å²) in [5, 5.41) is 6.40. The van der Waals surface area contributed by atoms with Gasteiger partial charge in [-0.15, -0.1) is 5.10 Å². The standard InChI is InChI=1S/C16H11BF2N8O/c1-26-6-22-4-10(26)11-7(18)2-21-3-9(11)23-16(28)12-14(20)25-27-5-8(19)13(17)24-15(12)27/h2-6H,1H3,(H2,20,25)(H,23,28). The molecule has 9 nitrogen and oxygen atoms in total. The van der Waals surface area contributed by atoms with Crippen molar-refractivity contribution < 1.29 is 13.6 Å². The van der Waals surface area contributed by atoms with E-state index in [2.05, 4.69) is 25.4 Å². The molecule has 1 amide bonds. The predicted molar refractivity (Wildman–Crippen MR) is 97.1 cm³/mol. The summed E-state index contributed by atoms with van der Waals surface area (Å²) in [4.78, 5) is 24.4. The van der Waals surface area contributed by atoms with Crippen LogP contribution in [0.2, 0.25) is 0 Å². The normalized spacial score (nSPS) is 11.1. The van der Waals surface area contributed by atoms with E-state index in [9.17, 15) is 13.6 Å². The van der Waals surface area contributed by atoms with E-state index in [1.807, 2.05) is 0 Å². The van der Waals surface area contributed by atoms with Crippen LogP contribution in [-0.2, 0) is 7.05 Å². The molecule has 0 saturated carbocycles. The molecule has 4 aromatic rings. The van der Waals surface area contributed by atoms with Gasteiger partial charge in [0.2, 0.25) is 0 Å². The van der Waals surface area contributed by atoms with Crippen LogP contribution in [0.25, 0.3) is 16.9 Å². The van der Waals surface area contributed by atoms with Crippen molar-refractivity contribution in [3.05, 3.63) is 48.3 Å². The van der Waals surface area contributed by atoms with Crippen molar-refractivity contribution >= 4 is 36.5 Å². The zero-order chi connectivity index (χ0) is 20.0. The molecular formula is C16H11BF2N8O. The highest BCUT2D eigenvalue weighted by Crippen LogP contribution is 2.30. The summed E-state index contributed by atoms with van der Waals surface area (Å²) in [6.45, 7) is 0. The number of carbonyl (C=O) groups excluding carboxylic acids is 1. The van der Waals surface area contributed by atoms with E-state index in [4.69, 9.17) is 13.6 Å². The molecular weight excluding hydrogens is 369 g/mol. The van der Waals surface area contributed by atoms with Gasteiger partial charge in [0.05, 0.1) is 48.1 Å². The molecule has 4 aromatic heterocycles. The molecule has 0 bridgehead atoms. The molecule has 0 atom stereocenters. The molecule has 4 rings (SSSR count). The predicted octanol–water partition coefficient (Wildman–Crippen LogP) is 0.431. The van der Waals surface area contributed by atoms with E-state index in [1.54, 1.807) is 11.6 Å². The smallest absolute Gasteiger partial charge is 0.263 e. The molecule has 0 aromatic carbocycles. The Morgan fingerprint density at radius 3 is 2.71 bits per heavy atom. The van der Waals surface area contributed by atoms with Crippen molar-refractivity contribution in [2.24, 2.45) is 7.05 Å². The first-order chi connectivity index (χ1) is 13.4. The van der Waals surface area contributed by atoms with Gasteiger partial charge < -0.3 is 15.6 Å². The Morgan fingerprint density at radius 1 is 1.21 bits per heavy atom. The molecule has 3 N–H and O–H groups in total. The summed E-state index contributed by atoms with van der Waals surface area (Å²) < 4.78 is 30.6. The number of nitrogens with two attached hydrogens (primary N) is 1. The molecule has 0 fully saturated rings. The fraction of sp³-hybridized carbons (Fsp3) is 0.0625. The highest BCUT2D eigenvalue weighted by atomic mass is 19.1. The van der Waals surface area contributed by atoms with Crippen LogP contribution in [0.15, 0.2) is 31.1 Å². The highest BCUT2D eigenvalue weighted by molar-refractivity contribution is 6.31. The fourth-order valence-corrected chi connectivity index (χ4v) is 2.77. The van der Waals surface area contributed by atoms with E-state index in [-0.39, 0.29) is 28.3 Å². The molecule has 0 saturated heterocycles. The summed E-state index contributed by atoms with van der Waals surface area (Å²) in [5.41, 5.74) is 5.81. The van der Waals surface area contributed by atoms with Gasteiger partial charge in [0.15, 0.2) is 23.1 Å². The third-order valence-electron chi connectivity index (χ3n) is 4.07. The average molecular weight is 380 g/mol. The first-order valence-electron chi connectivity index (χ1n) is 7.88. The fourth-order valence-electron chi connectivity index (χ4n) is 2.77. The van der Waals surface area contributed by atoms with Crippen molar-refractivity contribution in [2.75, 3.05) is 11.1 Å². The van der Waals surface area contributed by atoms with Gasteiger partial charge in [0.25, 0.3) is 5.91 Å². The molecule has 0 unspecified atom stereocenters. The number of fused-ring (bicyclic) bond motifs is 1. The summed E-state index contributed by atoms with van der Waals surface area (Å²) in [5.74, 6) is -2.39. The van der Waals surface area contributed by atoms with Crippen molar-refractivity contribution in [2.45, 2.75) is 0 Å². The lowest BCUT2D eigenvalue weighted by atomic mass is 10.0. The van der Waals surface area contributed by atoms with E-state index in [0.29, 0.717) is 5.69 Å². The van der Waals surface area contributed by atoms with Crippen molar-refractivity contribution in [3.63, 3.8) is 0 Å². The number of pyridine rings is 1. The van der Waals surface area contributed by atoms with Crippen LogP contribution in [0.5, 0.6) is 0 Å². The molecule has 0 spiro atoms. The van der Waals surface area contributed by atoms with Gasteiger partial charge in [-0.25, -0.2) is 23.3 Å². The highest BCUT2D eigenvalue weighted by Gasteiger charge is 2.23. The number of nitrogens with one attached hydrogen (secondary N) is 1. The van der Waals surface area contributed by atoms with E-state index < -0.39 is 23.1 Å². The molecule has 12 heteroatoms. The second-order valence-electron chi connectivity index (χ2n) is 5.89. The molecule has 28 heavy (non-hydrogen) atoms. The first kappa shape index (κ1) is 17.6. The van der Waals surface area contributed by atoms with Gasteiger partial charge in [0.1, 0.15) is 13.4 Å². The molecule has 0 aliphatic heterocycles. The number of nitrogens with zero attached hydrogens (tertiary/aromatic N) is 6. The minimum absolute atomic E-state index is 0.0413. The van der Waals surface area contributed by atoms with Gasteiger partial charge in [0, 0.05) is 12.6 Å². The maximum atomic E-state index is 14.4. The van der Waals surface area contributed by atoms with E-state index >= 15 is 0 Å². The second kappa shape index (κ2) is 6.41. The summed E-state index contributed by atoms with van der Waals surface area (Å²) in [6, 6.07) is 0. The summed E-state index contributed by atoms with van der Waals surface area (Å²) >= 11 is 0. The summed E-state index contributed by atoms with van der Waals surface area (Å²) in [7, 11) is 7.15. The number of hydrogen-bond acceptors (Lipinski definition) is 6. The maximum absolute atomic E-state index is 14.4. The van der Waals surface area contributed by atoms with Crippen LogP contribution in [0.4, 0.5) is 20.3 Å². The van der Waals surface area contributed by atoms with Crippen LogP contribution >= 0.6 is 0 Å². The van der Waals surface area contributed by atoms with Crippen LogP contribution < -0.4 is 16.6 Å². The SMILES string of the molecule is [B]c1nc2c(C(=O)Nc3cncc(F)c3-c3cncn3C)c(N)nn2cc1F. The number of aryl methyl sites for hydroxylation is 1. The van der Waals surface area contributed by atoms with Crippen LogP contribution in [-0.4, -0.2) is 42.9 Å². The van der Waals surface area contributed by atoms with Crippen LogP contribution in [0, 0.1) is 11.6 Å². The Bertz CT molecular complexity index is 1240. The van der Waals surface area contributed by atoms with E-state index in [0.717, 1.165) is 16.9 Å². The van der Waals surface area contributed by atoms with Gasteiger partial charge in [-0.05, 0) is 0 Å². The Morgan fingerprint density at radius 2 is 2.00 bits per heavy atom.